The third-order valence-electron chi connectivity index (χ3n) is 3.38. The first kappa shape index (κ1) is 12.2. The molecule has 1 amide bonds. The van der Waals surface area contributed by atoms with E-state index in [-0.39, 0.29) is 5.91 Å². The van der Waals surface area contributed by atoms with Gasteiger partial charge in [-0.15, -0.1) is 0 Å². The van der Waals surface area contributed by atoms with Crippen LogP contribution in [-0.4, -0.2) is 37.0 Å². The van der Waals surface area contributed by atoms with Crippen LogP contribution >= 0.6 is 0 Å². The summed E-state index contributed by atoms with van der Waals surface area (Å²) in [7, 11) is 1.95. The van der Waals surface area contributed by atoms with Crippen molar-refractivity contribution in [3.05, 3.63) is 24.2 Å². The Kier molecular flexibility index (Phi) is 4.20. The highest BCUT2D eigenvalue weighted by molar-refractivity contribution is 5.94. The van der Waals surface area contributed by atoms with Crippen molar-refractivity contribution in [3.63, 3.8) is 0 Å². The van der Waals surface area contributed by atoms with Crippen LogP contribution in [0.25, 0.3) is 0 Å². The van der Waals surface area contributed by atoms with E-state index in [0.29, 0.717) is 11.6 Å². The summed E-state index contributed by atoms with van der Waals surface area (Å²) in [6.07, 6.45) is 7.57. The summed E-state index contributed by atoms with van der Waals surface area (Å²) >= 11 is 0. The van der Waals surface area contributed by atoms with Gasteiger partial charge in [-0.1, -0.05) is 0 Å². The van der Waals surface area contributed by atoms with Gasteiger partial charge in [0, 0.05) is 12.6 Å². The summed E-state index contributed by atoms with van der Waals surface area (Å²) in [4.78, 5) is 14.3. The third-order valence-corrected chi connectivity index (χ3v) is 3.38. The lowest BCUT2D eigenvalue weighted by Crippen LogP contribution is -2.44. The van der Waals surface area contributed by atoms with E-state index in [9.17, 15) is 4.79 Å². The molecule has 2 rings (SSSR count). The summed E-state index contributed by atoms with van der Waals surface area (Å²) in [5, 5.41) is 3.15. The summed E-state index contributed by atoms with van der Waals surface area (Å²) in [6, 6.07) is 2.12. The largest absolute Gasteiger partial charge is 0.472 e. The Morgan fingerprint density at radius 2 is 2.47 bits per heavy atom. The molecule has 0 spiro atoms. The molecular formula is C13H20N2O2. The van der Waals surface area contributed by atoms with Gasteiger partial charge < -0.3 is 14.6 Å². The lowest BCUT2D eigenvalue weighted by Gasteiger charge is -2.35. The van der Waals surface area contributed by atoms with E-state index in [0.717, 1.165) is 32.4 Å². The van der Waals surface area contributed by atoms with Gasteiger partial charge >= 0.3 is 0 Å². The Morgan fingerprint density at radius 1 is 1.59 bits per heavy atom. The quantitative estimate of drug-likeness (QED) is 0.868. The van der Waals surface area contributed by atoms with Crippen molar-refractivity contribution in [2.45, 2.75) is 31.7 Å². The lowest BCUT2D eigenvalue weighted by molar-refractivity contribution is 0.0602. The molecule has 1 unspecified atom stereocenters. The highest BCUT2D eigenvalue weighted by Crippen LogP contribution is 2.21. The minimum absolute atomic E-state index is 0.111. The molecule has 17 heavy (non-hydrogen) atoms. The maximum atomic E-state index is 12.3. The molecule has 1 aromatic rings. The molecule has 0 radical (unpaired) electrons. The predicted molar refractivity (Wildman–Crippen MR) is 65.9 cm³/mol. The molecule has 0 bridgehead atoms. The second kappa shape index (κ2) is 5.87. The van der Waals surface area contributed by atoms with Crippen LogP contribution in [0.4, 0.5) is 0 Å². The molecule has 94 valence electrons. The Labute approximate surface area is 102 Å². The Hall–Kier alpha value is -1.29. The molecule has 0 saturated carbocycles. The molecular weight excluding hydrogens is 216 g/mol. The molecule has 4 nitrogen and oxygen atoms in total. The van der Waals surface area contributed by atoms with Crippen LogP contribution in [0.1, 0.15) is 36.0 Å². The Bertz CT molecular complexity index is 348. The number of carbonyl (C=O) groups is 1. The van der Waals surface area contributed by atoms with Crippen LogP contribution in [-0.2, 0) is 0 Å². The van der Waals surface area contributed by atoms with Crippen LogP contribution in [0.3, 0.4) is 0 Å². The number of likely N-dealkylation sites (tertiary alicyclic amines) is 1. The number of hydrogen-bond acceptors (Lipinski definition) is 3. The molecule has 0 aromatic carbocycles. The van der Waals surface area contributed by atoms with Gasteiger partial charge in [-0.3, -0.25) is 4.79 Å². The minimum atomic E-state index is 0.111. The maximum absolute atomic E-state index is 12.3. The molecule has 1 N–H and O–H groups in total. The molecule has 1 aliphatic heterocycles. The number of furan rings is 1. The molecule has 1 aliphatic rings. The standard InChI is InChI=1S/C13H20N2O2/c1-14-7-5-12-4-2-3-8-15(12)13(16)11-6-9-17-10-11/h6,9-10,12,14H,2-5,7-8H2,1H3. The zero-order valence-electron chi connectivity index (χ0n) is 10.3. The zero-order chi connectivity index (χ0) is 12.1. The molecule has 4 heteroatoms. The van der Waals surface area contributed by atoms with Crippen molar-refractivity contribution in [1.29, 1.82) is 0 Å². The van der Waals surface area contributed by atoms with Gasteiger partial charge in [0.15, 0.2) is 0 Å². The van der Waals surface area contributed by atoms with E-state index in [1.165, 1.54) is 12.7 Å². The average Bonchev–Trinajstić information content (AvgIpc) is 2.89. The topological polar surface area (TPSA) is 45.5 Å². The van der Waals surface area contributed by atoms with E-state index < -0.39 is 0 Å². The van der Waals surface area contributed by atoms with E-state index in [4.69, 9.17) is 4.42 Å². The highest BCUT2D eigenvalue weighted by atomic mass is 16.3. The van der Waals surface area contributed by atoms with Crippen LogP contribution in [0, 0.1) is 0 Å². The number of amides is 1. The van der Waals surface area contributed by atoms with E-state index in [2.05, 4.69) is 5.32 Å². The van der Waals surface area contributed by atoms with Gasteiger partial charge in [0.1, 0.15) is 6.26 Å². The molecule has 1 atom stereocenters. The number of hydrogen-bond donors (Lipinski definition) is 1. The van der Waals surface area contributed by atoms with Crippen molar-refractivity contribution in [2.75, 3.05) is 20.1 Å². The number of carbonyl (C=O) groups excluding carboxylic acids is 1. The minimum Gasteiger partial charge on any atom is -0.472 e. The molecule has 1 aromatic heterocycles. The van der Waals surface area contributed by atoms with Crippen molar-refractivity contribution in [2.24, 2.45) is 0 Å². The molecule has 0 aliphatic carbocycles. The summed E-state index contributed by atoms with van der Waals surface area (Å²) in [6.45, 7) is 1.83. The summed E-state index contributed by atoms with van der Waals surface area (Å²) in [5.41, 5.74) is 0.668. The number of rotatable bonds is 4. The average molecular weight is 236 g/mol. The van der Waals surface area contributed by atoms with Gasteiger partial charge in [0.2, 0.25) is 0 Å². The van der Waals surface area contributed by atoms with E-state index >= 15 is 0 Å². The first-order chi connectivity index (χ1) is 8.33. The van der Waals surface area contributed by atoms with Crippen molar-refractivity contribution in [3.8, 4) is 0 Å². The number of nitrogens with one attached hydrogen (secondary N) is 1. The SMILES string of the molecule is CNCCC1CCCCN1C(=O)c1ccoc1. The van der Waals surface area contributed by atoms with Crippen molar-refractivity contribution >= 4 is 5.91 Å². The predicted octanol–water partition coefficient (Wildman–Crippen LogP) is 1.88. The van der Waals surface area contributed by atoms with Crippen molar-refractivity contribution < 1.29 is 9.21 Å². The maximum Gasteiger partial charge on any atom is 0.257 e. The van der Waals surface area contributed by atoms with Gasteiger partial charge in [-0.05, 0) is 45.3 Å². The molecule has 1 fully saturated rings. The van der Waals surface area contributed by atoms with Crippen LogP contribution in [0.2, 0.25) is 0 Å². The van der Waals surface area contributed by atoms with Crippen molar-refractivity contribution in [1.82, 2.24) is 10.2 Å². The smallest absolute Gasteiger partial charge is 0.257 e. The fourth-order valence-electron chi connectivity index (χ4n) is 2.43. The van der Waals surface area contributed by atoms with Gasteiger partial charge in [0.25, 0.3) is 5.91 Å². The highest BCUT2D eigenvalue weighted by Gasteiger charge is 2.27. The van der Waals surface area contributed by atoms with Crippen LogP contribution in [0.15, 0.2) is 23.0 Å². The Morgan fingerprint density at radius 3 is 3.18 bits per heavy atom. The van der Waals surface area contributed by atoms with Gasteiger partial charge in [0.05, 0.1) is 11.8 Å². The fourth-order valence-corrected chi connectivity index (χ4v) is 2.43. The first-order valence-corrected chi connectivity index (χ1v) is 6.30. The normalized spacial score (nSPS) is 20.5. The first-order valence-electron chi connectivity index (χ1n) is 6.30. The monoisotopic (exact) mass is 236 g/mol. The van der Waals surface area contributed by atoms with Gasteiger partial charge in [-0.25, -0.2) is 0 Å². The van der Waals surface area contributed by atoms with E-state index in [1.54, 1.807) is 12.3 Å². The number of nitrogens with zero attached hydrogens (tertiary/aromatic N) is 1. The molecule has 2 heterocycles. The zero-order valence-corrected chi connectivity index (χ0v) is 10.3. The lowest BCUT2D eigenvalue weighted by atomic mass is 9.98. The van der Waals surface area contributed by atoms with E-state index in [1.807, 2.05) is 11.9 Å². The third kappa shape index (κ3) is 2.88. The fraction of sp³-hybridized carbons (Fsp3) is 0.615. The number of piperidine rings is 1. The van der Waals surface area contributed by atoms with Gasteiger partial charge in [-0.2, -0.15) is 0 Å². The summed E-state index contributed by atoms with van der Waals surface area (Å²) < 4.78 is 4.98. The van der Waals surface area contributed by atoms with Crippen LogP contribution in [0.5, 0.6) is 0 Å². The molecule has 1 saturated heterocycles. The Balaban J connectivity index is 2.03. The van der Waals surface area contributed by atoms with Crippen LogP contribution < -0.4 is 5.32 Å². The second-order valence-electron chi connectivity index (χ2n) is 4.55. The second-order valence-corrected chi connectivity index (χ2v) is 4.55. The summed E-state index contributed by atoms with van der Waals surface area (Å²) in [5.74, 6) is 0.111.